The van der Waals surface area contributed by atoms with Gasteiger partial charge in [-0.1, -0.05) is 129 Å². The average Bonchev–Trinajstić information content (AvgIpc) is 3.07. The SMILES string of the molecule is CCCCC(CC)COC(=O)c1ccccc1C(=O)O.CCCCCCCCc1ccc(C(=O)O)c(C(=O)O)c1CCCCCCCC. The zero-order chi connectivity index (χ0) is 35.7. The van der Waals surface area contributed by atoms with Crippen LogP contribution in [0.3, 0.4) is 0 Å². The number of ether oxygens (including phenoxy) is 1. The lowest BCUT2D eigenvalue weighted by Gasteiger charge is -2.15. The second kappa shape index (κ2) is 25.4. The molecule has 2 rings (SSSR count). The topological polar surface area (TPSA) is 138 Å². The van der Waals surface area contributed by atoms with Gasteiger partial charge in [0.05, 0.1) is 28.9 Å². The molecule has 1 unspecified atom stereocenters. The number of carbonyl (C=O) groups is 4. The van der Waals surface area contributed by atoms with Crippen molar-refractivity contribution in [3.63, 3.8) is 0 Å². The van der Waals surface area contributed by atoms with Crippen LogP contribution < -0.4 is 0 Å². The fourth-order valence-corrected chi connectivity index (χ4v) is 5.83. The van der Waals surface area contributed by atoms with E-state index in [0.29, 0.717) is 18.9 Å². The molecule has 268 valence electrons. The molecule has 1 atom stereocenters. The molecule has 0 aliphatic carbocycles. The Bertz CT molecular complexity index is 1250. The van der Waals surface area contributed by atoms with Crippen LogP contribution in [0, 0.1) is 5.92 Å². The maximum absolute atomic E-state index is 12.0. The van der Waals surface area contributed by atoms with Gasteiger partial charge in [-0.25, -0.2) is 19.2 Å². The van der Waals surface area contributed by atoms with Gasteiger partial charge in [-0.2, -0.15) is 0 Å². The number of aromatic carboxylic acids is 3. The fourth-order valence-electron chi connectivity index (χ4n) is 5.83. The van der Waals surface area contributed by atoms with Crippen LogP contribution in [0.5, 0.6) is 0 Å². The Balaban J connectivity index is 0.000000507. The van der Waals surface area contributed by atoms with Gasteiger partial charge in [0.2, 0.25) is 0 Å². The van der Waals surface area contributed by atoms with E-state index < -0.39 is 23.9 Å². The van der Waals surface area contributed by atoms with Gasteiger partial charge < -0.3 is 20.1 Å². The van der Waals surface area contributed by atoms with Gasteiger partial charge in [0.25, 0.3) is 0 Å². The van der Waals surface area contributed by atoms with Gasteiger partial charge >= 0.3 is 23.9 Å². The molecule has 0 saturated carbocycles. The number of carbonyl (C=O) groups excluding carboxylic acids is 1. The summed E-state index contributed by atoms with van der Waals surface area (Å²) < 4.78 is 5.27. The summed E-state index contributed by atoms with van der Waals surface area (Å²) in [7, 11) is 0. The van der Waals surface area contributed by atoms with Crippen molar-refractivity contribution >= 4 is 23.9 Å². The van der Waals surface area contributed by atoms with Crippen LogP contribution in [0.1, 0.15) is 183 Å². The maximum Gasteiger partial charge on any atom is 0.339 e. The zero-order valence-corrected chi connectivity index (χ0v) is 29.9. The van der Waals surface area contributed by atoms with Gasteiger partial charge in [-0.15, -0.1) is 0 Å². The molecule has 0 fully saturated rings. The molecule has 3 N–H and O–H groups in total. The summed E-state index contributed by atoms with van der Waals surface area (Å²) in [5.74, 6) is -3.61. The molecule has 8 heteroatoms. The van der Waals surface area contributed by atoms with Crippen LogP contribution in [0.4, 0.5) is 0 Å². The molecule has 0 radical (unpaired) electrons. The Labute approximate surface area is 288 Å². The van der Waals surface area contributed by atoms with E-state index in [9.17, 15) is 29.4 Å². The van der Waals surface area contributed by atoms with E-state index in [-0.39, 0.29) is 22.3 Å². The molecule has 0 aliphatic heterocycles. The van der Waals surface area contributed by atoms with E-state index in [1.54, 1.807) is 12.1 Å². The molecule has 2 aromatic rings. The van der Waals surface area contributed by atoms with Gasteiger partial charge in [-0.05, 0) is 67.3 Å². The Morgan fingerprint density at radius 3 is 1.62 bits per heavy atom. The average molecular weight is 669 g/mol. The van der Waals surface area contributed by atoms with Crippen LogP contribution in [0.25, 0.3) is 0 Å². The first-order valence-corrected chi connectivity index (χ1v) is 18.2. The number of hydrogen-bond acceptors (Lipinski definition) is 5. The third kappa shape index (κ3) is 15.9. The maximum atomic E-state index is 12.0. The van der Waals surface area contributed by atoms with Gasteiger partial charge in [0, 0.05) is 0 Å². The van der Waals surface area contributed by atoms with Crippen molar-refractivity contribution in [3.05, 3.63) is 69.8 Å². The molecule has 0 aliphatic rings. The molecule has 0 heterocycles. The molecular formula is C40H60O8. The van der Waals surface area contributed by atoms with Crippen molar-refractivity contribution in [3.8, 4) is 0 Å². The first-order valence-electron chi connectivity index (χ1n) is 18.2. The second-order valence-electron chi connectivity index (χ2n) is 12.6. The lowest BCUT2D eigenvalue weighted by molar-refractivity contribution is 0.0420. The van der Waals surface area contributed by atoms with E-state index >= 15 is 0 Å². The molecular weight excluding hydrogens is 608 g/mol. The predicted molar refractivity (Wildman–Crippen MR) is 192 cm³/mol. The summed E-state index contributed by atoms with van der Waals surface area (Å²) in [6, 6.07) is 9.44. The molecule has 2 aromatic carbocycles. The van der Waals surface area contributed by atoms with Crippen molar-refractivity contribution in [2.24, 2.45) is 5.92 Å². The summed E-state index contributed by atoms with van der Waals surface area (Å²) in [6.45, 7) is 8.93. The summed E-state index contributed by atoms with van der Waals surface area (Å²) in [6.07, 6.45) is 19.6. The fraction of sp³-hybridized carbons (Fsp3) is 0.600. The van der Waals surface area contributed by atoms with Crippen LogP contribution in [0.2, 0.25) is 0 Å². The van der Waals surface area contributed by atoms with Crippen molar-refractivity contribution in [2.45, 2.75) is 143 Å². The highest BCUT2D eigenvalue weighted by molar-refractivity contribution is 6.03. The number of unbranched alkanes of at least 4 members (excludes halogenated alkanes) is 11. The van der Waals surface area contributed by atoms with Gasteiger partial charge in [0.15, 0.2) is 0 Å². The van der Waals surface area contributed by atoms with E-state index in [2.05, 4.69) is 27.7 Å². The smallest absolute Gasteiger partial charge is 0.339 e. The van der Waals surface area contributed by atoms with E-state index in [0.717, 1.165) is 75.3 Å². The number of esters is 1. The third-order valence-corrected chi connectivity index (χ3v) is 8.80. The molecule has 0 saturated heterocycles. The minimum absolute atomic E-state index is 0.00420. The number of carboxylic acids is 3. The zero-order valence-electron chi connectivity index (χ0n) is 29.9. The van der Waals surface area contributed by atoms with E-state index in [1.807, 2.05) is 6.07 Å². The Morgan fingerprint density at radius 2 is 1.10 bits per heavy atom. The third-order valence-electron chi connectivity index (χ3n) is 8.80. The van der Waals surface area contributed by atoms with Gasteiger partial charge in [-0.3, -0.25) is 0 Å². The Morgan fingerprint density at radius 1 is 0.583 bits per heavy atom. The highest BCUT2D eigenvalue weighted by Crippen LogP contribution is 2.25. The largest absolute Gasteiger partial charge is 0.478 e. The lowest BCUT2D eigenvalue weighted by atomic mass is 9.89. The molecule has 0 bridgehead atoms. The van der Waals surface area contributed by atoms with Crippen LogP contribution in [0.15, 0.2) is 36.4 Å². The molecule has 8 nitrogen and oxygen atoms in total. The van der Waals surface area contributed by atoms with Crippen molar-refractivity contribution in [1.29, 1.82) is 0 Å². The van der Waals surface area contributed by atoms with Crippen molar-refractivity contribution in [2.75, 3.05) is 6.61 Å². The highest BCUT2D eigenvalue weighted by atomic mass is 16.5. The van der Waals surface area contributed by atoms with Crippen LogP contribution in [-0.2, 0) is 17.6 Å². The first-order chi connectivity index (χ1) is 23.1. The molecule has 0 aromatic heterocycles. The van der Waals surface area contributed by atoms with E-state index in [1.165, 1.54) is 63.1 Å². The predicted octanol–water partition coefficient (Wildman–Crippen LogP) is 10.6. The normalized spacial score (nSPS) is 11.3. The summed E-state index contributed by atoms with van der Waals surface area (Å²) >= 11 is 0. The van der Waals surface area contributed by atoms with Crippen LogP contribution >= 0.6 is 0 Å². The lowest BCUT2D eigenvalue weighted by Crippen LogP contribution is -2.16. The van der Waals surface area contributed by atoms with E-state index in [4.69, 9.17) is 9.84 Å². The van der Waals surface area contributed by atoms with Crippen LogP contribution in [-0.4, -0.2) is 45.8 Å². The Kier molecular flexibility index (Phi) is 22.4. The Hall–Kier alpha value is -3.68. The summed E-state index contributed by atoms with van der Waals surface area (Å²) in [5.41, 5.74) is 1.79. The number of hydrogen-bond donors (Lipinski definition) is 3. The first kappa shape index (κ1) is 42.3. The molecule has 48 heavy (non-hydrogen) atoms. The number of rotatable bonds is 24. The van der Waals surface area contributed by atoms with Crippen molar-refractivity contribution < 1.29 is 39.2 Å². The number of aryl methyl sites for hydroxylation is 1. The number of benzene rings is 2. The standard InChI is InChI=1S/C24H38O4.C16H22O4/c1-3-5-7-9-11-13-15-19-17-18-21(23(25)26)22(24(27)28)20(19)16-14-12-10-8-6-4-2;1-3-5-8-12(4-2)11-20-16(19)14-10-7-6-9-13(14)15(17)18/h17-18H,3-16H2,1-2H3,(H,25,26)(H,27,28);6-7,9-10,12H,3-5,8,11H2,1-2H3,(H,17,18). The summed E-state index contributed by atoms with van der Waals surface area (Å²) in [5, 5.41) is 28.2. The molecule has 0 spiro atoms. The second-order valence-corrected chi connectivity index (χ2v) is 12.6. The monoisotopic (exact) mass is 668 g/mol. The van der Waals surface area contributed by atoms with Crippen molar-refractivity contribution in [1.82, 2.24) is 0 Å². The quantitative estimate of drug-likeness (QED) is 0.0742. The minimum atomic E-state index is -1.16. The number of carboxylic acid groups (broad SMARTS) is 3. The molecule has 0 amide bonds. The summed E-state index contributed by atoms with van der Waals surface area (Å²) in [4.78, 5) is 46.4. The highest BCUT2D eigenvalue weighted by Gasteiger charge is 2.22. The minimum Gasteiger partial charge on any atom is -0.478 e. The van der Waals surface area contributed by atoms with Gasteiger partial charge in [0.1, 0.15) is 0 Å².